The van der Waals surface area contributed by atoms with Gasteiger partial charge in [0, 0.05) is 0 Å². The lowest BCUT2D eigenvalue weighted by Gasteiger charge is -2.19. The minimum absolute atomic E-state index is 0.0897. The minimum atomic E-state index is 0.0897. The molecule has 0 spiro atoms. The normalized spacial score (nSPS) is 11.4. The zero-order valence-corrected chi connectivity index (χ0v) is 12.7. The van der Waals surface area contributed by atoms with Crippen molar-refractivity contribution >= 4 is 17.4 Å². The van der Waals surface area contributed by atoms with Gasteiger partial charge in [-0.3, -0.25) is 0 Å². The number of aromatic nitrogens is 1. The minimum Gasteiger partial charge on any atom is -0.487 e. The third-order valence-electron chi connectivity index (χ3n) is 3.02. The smallest absolute Gasteiger partial charge is 0.132 e. The van der Waals surface area contributed by atoms with E-state index in [1.807, 2.05) is 18.2 Å². The van der Waals surface area contributed by atoms with Crippen LogP contribution < -0.4 is 10.5 Å². The van der Waals surface area contributed by atoms with E-state index in [1.54, 1.807) is 12.1 Å². The van der Waals surface area contributed by atoms with Gasteiger partial charge in [-0.2, -0.15) is 0 Å². The van der Waals surface area contributed by atoms with Gasteiger partial charge in [0.25, 0.3) is 0 Å². The van der Waals surface area contributed by atoms with Crippen LogP contribution in [-0.4, -0.2) is 4.98 Å². The Kier molecular flexibility index (Phi) is 4.19. The Balaban J connectivity index is 2.13. The molecular formula is C16H19ClN2O. The Morgan fingerprint density at radius 1 is 1.20 bits per heavy atom. The molecule has 4 heteroatoms. The Morgan fingerprint density at radius 2 is 1.95 bits per heavy atom. The average Bonchev–Trinajstić information content (AvgIpc) is 2.39. The summed E-state index contributed by atoms with van der Waals surface area (Å²) in [7, 11) is 0. The van der Waals surface area contributed by atoms with Crippen molar-refractivity contribution in [2.75, 3.05) is 5.73 Å². The second kappa shape index (κ2) is 5.71. The van der Waals surface area contributed by atoms with E-state index in [0.717, 1.165) is 5.75 Å². The van der Waals surface area contributed by atoms with E-state index >= 15 is 0 Å². The summed E-state index contributed by atoms with van der Waals surface area (Å²) in [5, 5.41) is 0.561. The first-order valence-electron chi connectivity index (χ1n) is 6.50. The maximum absolute atomic E-state index is 6.07. The molecule has 1 heterocycles. The van der Waals surface area contributed by atoms with Crippen LogP contribution in [0.1, 0.15) is 32.0 Å². The summed E-state index contributed by atoms with van der Waals surface area (Å²) in [6, 6.07) is 11.5. The summed E-state index contributed by atoms with van der Waals surface area (Å²) in [4.78, 5) is 4.18. The van der Waals surface area contributed by atoms with E-state index in [9.17, 15) is 0 Å². The van der Waals surface area contributed by atoms with Gasteiger partial charge in [0.2, 0.25) is 0 Å². The molecule has 0 aliphatic rings. The number of rotatable bonds is 3. The number of nitrogen functional groups attached to an aromatic ring is 1. The number of ether oxygens (including phenoxy) is 1. The summed E-state index contributed by atoms with van der Waals surface area (Å²) in [5.41, 5.74) is 7.61. The molecule has 1 aromatic heterocycles. The number of hydrogen-bond acceptors (Lipinski definition) is 3. The monoisotopic (exact) mass is 290 g/mol. The molecule has 2 N–H and O–H groups in total. The number of benzene rings is 1. The SMILES string of the molecule is CC(C)(C)c1cccc(OCc2nc(N)ccc2Cl)c1. The molecule has 3 nitrogen and oxygen atoms in total. The number of pyridine rings is 1. The number of anilines is 1. The highest BCUT2D eigenvalue weighted by molar-refractivity contribution is 6.31. The molecule has 0 saturated carbocycles. The molecule has 20 heavy (non-hydrogen) atoms. The highest BCUT2D eigenvalue weighted by Crippen LogP contribution is 2.26. The van der Waals surface area contributed by atoms with Gasteiger partial charge in [-0.25, -0.2) is 4.98 Å². The van der Waals surface area contributed by atoms with Crippen LogP contribution in [0.3, 0.4) is 0 Å². The van der Waals surface area contributed by atoms with E-state index in [1.165, 1.54) is 5.56 Å². The molecule has 0 fully saturated rings. The number of hydrogen-bond donors (Lipinski definition) is 1. The number of nitrogens with two attached hydrogens (primary N) is 1. The topological polar surface area (TPSA) is 48.1 Å². The summed E-state index contributed by atoms with van der Waals surface area (Å²) in [6.07, 6.45) is 0. The van der Waals surface area contributed by atoms with Gasteiger partial charge in [-0.1, -0.05) is 44.5 Å². The van der Waals surface area contributed by atoms with Crippen LogP contribution in [0.4, 0.5) is 5.82 Å². The van der Waals surface area contributed by atoms with Crippen LogP contribution in [0.15, 0.2) is 36.4 Å². The molecule has 1 aromatic carbocycles. The molecule has 2 rings (SSSR count). The maximum Gasteiger partial charge on any atom is 0.132 e. The van der Waals surface area contributed by atoms with Crippen molar-refractivity contribution in [3.05, 3.63) is 52.7 Å². The van der Waals surface area contributed by atoms with Crippen LogP contribution in [0, 0.1) is 0 Å². The van der Waals surface area contributed by atoms with Gasteiger partial charge in [-0.15, -0.1) is 0 Å². The van der Waals surface area contributed by atoms with Crippen molar-refractivity contribution in [1.29, 1.82) is 0 Å². The van der Waals surface area contributed by atoms with Gasteiger partial charge in [-0.05, 0) is 35.2 Å². The Hall–Kier alpha value is -1.74. The molecule has 0 saturated heterocycles. The van der Waals surface area contributed by atoms with E-state index in [0.29, 0.717) is 23.1 Å². The summed E-state index contributed by atoms with van der Waals surface area (Å²) in [5.74, 6) is 1.24. The first kappa shape index (κ1) is 14.7. The van der Waals surface area contributed by atoms with Crippen molar-refractivity contribution < 1.29 is 4.74 Å². The lowest BCUT2D eigenvalue weighted by Crippen LogP contribution is -2.11. The van der Waals surface area contributed by atoms with E-state index < -0.39 is 0 Å². The van der Waals surface area contributed by atoms with Crippen molar-refractivity contribution in [1.82, 2.24) is 4.98 Å². The highest BCUT2D eigenvalue weighted by atomic mass is 35.5. The maximum atomic E-state index is 6.07. The van der Waals surface area contributed by atoms with E-state index in [4.69, 9.17) is 22.1 Å². The van der Waals surface area contributed by atoms with Crippen LogP contribution in [0.25, 0.3) is 0 Å². The summed E-state index contributed by atoms with van der Waals surface area (Å²) < 4.78 is 5.76. The molecule has 0 atom stereocenters. The first-order chi connectivity index (χ1) is 9.36. The number of halogens is 1. The summed E-state index contributed by atoms with van der Waals surface area (Å²) >= 11 is 6.07. The van der Waals surface area contributed by atoms with Gasteiger partial charge in [0.05, 0.1) is 10.7 Å². The zero-order valence-electron chi connectivity index (χ0n) is 12.0. The molecule has 2 aromatic rings. The fourth-order valence-corrected chi connectivity index (χ4v) is 1.97. The van der Waals surface area contributed by atoms with Crippen molar-refractivity contribution in [2.24, 2.45) is 0 Å². The standard InChI is InChI=1S/C16H19ClN2O/c1-16(2,3)11-5-4-6-12(9-11)20-10-14-13(17)7-8-15(18)19-14/h4-9H,10H2,1-3H3,(H2,18,19). The van der Waals surface area contributed by atoms with Gasteiger partial charge >= 0.3 is 0 Å². The molecule has 0 aliphatic heterocycles. The molecule has 0 unspecified atom stereocenters. The fraction of sp³-hybridized carbons (Fsp3) is 0.312. The third kappa shape index (κ3) is 3.64. The van der Waals surface area contributed by atoms with Crippen LogP contribution in [0.5, 0.6) is 5.75 Å². The summed E-state index contributed by atoms with van der Waals surface area (Å²) in [6.45, 7) is 6.81. The van der Waals surface area contributed by atoms with E-state index in [2.05, 4.69) is 31.8 Å². The predicted molar refractivity (Wildman–Crippen MR) is 83.1 cm³/mol. The zero-order chi connectivity index (χ0) is 14.8. The highest BCUT2D eigenvalue weighted by Gasteiger charge is 2.14. The molecule has 0 aliphatic carbocycles. The lowest BCUT2D eigenvalue weighted by molar-refractivity contribution is 0.301. The molecule has 0 bridgehead atoms. The quantitative estimate of drug-likeness (QED) is 0.922. The second-order valence-electron chi connectivity index (χ2n) is 5.73. The Labute approximate surface area is 124 Å². The number of nitrogens with zero attached hydrogens (tertiary/aromatic N) is 1. The van der Waals surface area contributed by atoms with E-state index in [-0.39, 0.29) is 5.41 Å². The van der Waals surface area contributed by atoms with Crippen LogP contribution in [0.2, 0.25) is 5.02 Å². The van der Waals surface area contributed by atoms with Gasteiger partial charge in [0.1, 0.15) is 18.2 Å². The molecule has 106 valence electrons. The molecular weight excluding hydrogens is 272 g/mol. The molecule has 0 amide bonds. The molecule has 0 radical (unpaired) electrons. The first-order valence-corrected chi connectivity index (χ1v) is 6.88. The van der Waals surface area contributed by atoms with Gasteiger partial charge < -0.3 is 10.5 Å². The fourth-order valence-electron chi connectivity index (χ4n) is 1.81. The second-order valence-corrected chi connectivity index (χ2v) is 6.14. The van der Waals surface area contributed by atoms with Crippen molar-refractivity contribution in [2.45, 2.75) is 32.8 Å². The largest absolute Gasteiger partial charge is 0.487 e. The predicted octanol–water partition coefficient (Wildman–Crippen LogP) is 4.19. The van der Waals surface area contributed by atoms with Crippen LogP contribution >= 0.6 is 11.6 Å². The average molecular weight is 291 g/mol. The van der Waals surface area contributed by atoms with Crippen molar-refractivity contribution in [3.8, 4) is 5.75 Å². The lowest BCUT2D eigenvalue weighted by atomic mass is 9.87. The van der Waals surface area contributed by atoms with Crippen LogP contribution in [-0.2, 0) is 12.0 Å². The van der Waals surface area contributed by atoms with Gasteiger partial charge in [0.15, 0.2) is 0 Å². The van der Waals surface area contributed by atoms with Crippen molar-refractivity contribution in [3.63, 3.8) is 0 Å². The Morgan fingerprint density at radius 3 is 2.65 bits per heavy atom. The third-order valence-corrected chi connectivity index (χ3v) is 3.36. The Bertz CT molecular complexity index is 606.